The zero-order valence-electron chi connectivity index (χ0n) is 8.45. The second-order valence-corrected chi connectivity index (χ2v) is 5.09. The van der Waals surface area contributed by atoms with Crippen molar-refractivity contribution in [3.8, 4) is 5.82 Å². The second kappa shape index (κ2) is 3.86. The summed E-state index contributed by atoms with van der Waals surface area (Å²) in [5.41, 5.74) is 2.31. The van der Waals surface area contributed by atoms with Crippen LogP contribution in [0.3, 0.4) is 0 Å². The third-order valence-electron chi connectivity index (χ3n) is 2.77. The Kier molecular flexibility index (Phi) is 2.48. The molecule has 82 valence electrons. The lowest BCUT2D eigenvalue weighted by Crippen LogP contribution is -2.00. The van der Waals surface area contributed by atoms with E-state index in [4.69, 9.17) is 11.6 Å². The van der Waals surface area contributed by atoms with E-state index in [1.54, 1.807) is 10.9 Å². The maximum absolute atomic E-state index is 6.29. The molecule has 0 aromatic carbocycles. The summed E-state index contributed by atoms with van der Waals surface area (Å²) in [6.07, 6.45) is 4.97. The van der Waals surface area contributed by atoms with Crippen molar-refractivity contribution in [2.24, 2.45) is 0 Å². The van der Waals surface area contributed by atoms with E-state index in [-0.39, 0.29) is 0 Å². The third kappa shape index (κ3) is 1.57. The molecule has 2 aromatic heterocycles. The Balaban J connectivity index is 2.10. The number of halogens is 2. The minimum Gasteiger partial charge on any atom is -0.236 e. The molecule has 0 spiro atoms. The van der Waals surface area contributed by atoms with Crippen LogP contribution in [0.2, 0.25) is 5.15 Å². The van der Waals surface area contributed by atoms with Crippen LogP contribution < -0.4 is 0 Å². The Morgan fingerprint density at radius 1 is 1.31 bits per heavy atom. The molecule has 0 radical (unpaired) electrons. The molecule has 3 nitrogen and oxygen atoms in total. The van der Waals surface area contributed by atoms with E-state index in [1.807, 2.05) is 12.1 Å². The van der Waals surface area contributed by atoms with Crippen molar-refractivity contribution in [3.05, 3.63) is 39.2 Å². The molecule has 0 unspecified atom stereocenters. The van der Waals surface area contributed by atoms with Gasteiger partial charge in [-0.2, -0.15) is 5.10 Å². The molecule has 0 amide bonds. The molecule has 1 aliphatic carbocycles. The fraction of sp³-hybridized carbons (Fsp3) is 0.273. The van der Waals surface area contributed by atoms with Gasteiger partial charge in [0, 0.05) is 16.2 Å². The first-order valence-corrected chi connectivity index (χ1v) is 6.31. The number of hydrogen-bond donors (Lipinski definition) is 0. The predicted octanol–water partition coefficient (Wildman–Crippen LogP) is 3.17. The Labute approximate surface area is 107 Å². The monoisotopic (exact) mass is 297 g/mol. The van der Waals surface area contributed by atoms with Crippen molar-refractivity contribution in [1.82, 2.24) is 14.8 Å². The van der Waals surface area contributed by atoms with Crippen LogP contribution in [0.5, 0.6) is 0 Å². The van der Waals surface area contributed by atoms with Gasteiger partial charge < -0.3 is 0 Å². The van der Waals surface area contributed by atoms with Gasteiger partial charge in [0.15, 0.2) is 5.82 Å². The third-order valence-corrected chi connectivity index (χ3v) is 3.63. The van der Waals surface area contributed by atoms with Crippen LogP contribution in [0.4, 0.5) is 0 Å². The van der Waals surface area contributed by atoms with Gasteiger partial charge in [-0.05, 0) is 47.3 Å². The summed E-state index contributed by atoms with van der Waals surface area (Å²) in [7, 11) is 0. The first-order chi connectivity index (χ1) is 7.75. The van der Waals surface area contributed by atoms with E-state index in [9.17, 15) is 0 Å². The molecular formula is C11H9BrClN3. The van der Waals surface area contributed by atoms with Crippen LogP contribution in [-0.4, -0.2) is 14.8 Å². The molecular weight excluding hydrogens is 289 g/mol. The SMILES string of the molecule is Clc1c2c(nn1-c1ccc(Br)cn1)CCC2. The molecule has 0 saturated carbocycles. The smallest absolute Gasteiger partial charge is 0.155 e. The second-order valence-electron chi connectivity index (χ2n) is 3.82. The first-order valence-electron chi connectivity index (χ1n) is 5.14. The van der Waals surface area contributed by atoms with E-state index in [0.29, 0.717) is 5.15 Å². The molecule has 16 heavy (non-hydrogen) atoms. The van der Waals surface area contributed by atoms with Gasteiger partial charge in [0.05, 0.1) is 5.69 Å². The molecule has 0 fully saturated rings. The summed E-state index contributed by atoms with van der Waals surface area (Å²) in [6.45, 7) is 0. The number of aryl methyl sites for hydroxylation is 1. The van der Waals surface area contributed by atoms with Crippen LogP contribution >= 0.6 is 27.5 Å². The van der Waals surface area contributed by atoms with Crippen LogP contribution in [0.1, 0.15) is 17.7 Å². The Morgan fingerprint density at radius 3 is 2.88 bits per heavy atom. The topological polar surface area (TPSA) is 30.7 Å². The maximum Gasteiger partial charge on any atom is 0.155 e. The Morgan fingerprint density at radius 2 is 2.19 bits per heavy atom. The zero-order chi connectivity index (χ0) is 11.1. The Hall–Kier alpha value is -0.870. The maximum atomic E-state index is 6.29. The Bertz CT molecular complexity index is 533. The number of rotatable bonds is 1. The number of aromatic nitrogens is 3. The molecule has 5 heteroatoms. The van der Waals surface area contributed by atoms with Crippen LogP contribution in [0.15, 0.2) is 22.8 Å². The number of hydrogen-bond acceptors (Lipinski definition) is 2. The molecule has 0 N–H and O–H groups in total. The van der Waals surface area contributed by atoms with Crippen molar-refractivity contribution in [2.45, 2.75) is 19.3 Å². The predicted molar refractivity (Wildman–Crippen MR) is 66.1 cm³/mol. The van der Waals surface area contributed by atoms with Crippen molar-refractivity contribution in [3.63, 3.8) is 0 Å². The van der Waals surface area contributed by atoms with Gasteiger partial charge in [-0.25, -0.2) is 9.67 Å². The fourth-order valence-corrected chi connectivity index (χ4v) is 2.56. The summed E-state index contributed by atoms with van der Waals surface area (Å²) >= 11 is 9.65. The summed E-state index contributed by atoms with van der Waals surface area (Å²) < 4.78 is 2.67. The van der Waals surface area contributed by atoms with E-state index < -0.39 is 0 Å². The van der Waals surface area contributed by atoms with E-state index in [2.05, 4.69) is 26.0 Å². The highest BCUT2D eigenvalue weighted by molar-refractivity contribution is 9.10. The average Bonchev–Trinajstić information content (AvgIpc) is 2.84. The molecule has 0 atom stereocenters. The quantitative estimate of drug-likeness (QED) is 0.809. The van der Waals surface area contributed by atoms with E-state index in [0.717, 1.165) is 35.2 Å². The van der Waals surface area contributed by atoms with Gasteiger partial charge >= 0.3 is 0 Å². The van der Waals surface area contributed by atoms with Gasteiger partial charge in [-0.1, -0.05) is 11.6 Å². The lowest BCUT2D eigenvalue weighted by molar-refractivity contribution is 0.785. The molecule has 0 saturated heterocycles. The summed E-state index contributed by atoms with van der Waals surface area (Å²) in [6, 6.07) is 3.84. The lowest BCUT2D eigenvalue weighted by atomic mass is 10.3. The standard InChI is InChI=1S/C11H9BrClN3/c12-7-4-5-10(14-6-7)16-11(13)8-2-1-3-9(8)15-16/h4-6H,1-3H2. The van der Waals surface area contributed by atoms with Gasteiger partial charge in [-0.3, -0.25) is 0 Å². The number of fused-ring (bicyclic) bond motifs is 1. The molecule has 2 heterocycles. The van der Waals surface area contributed by atoms with Crippen molar-refractivity contribution >= 4 is 27.5 Å². The highest BCUT2D eigenvalue weighted by Crippen LogP contribution is 2.29. The number of nitrogens with zero attached hydrogens (tertiary/aromatic N) is 3. The minimum absolute atomic E-state index is 0.710. The van der Waals surface area contributed by atoms with E-state index >= 15 is 0 Å². The van der Waals surface area contributed by atoms with Gasteiger partial charge in [0.25, 0.3) is 0 Å². The number of pyridine rings is 1. The van der Waals surface area contributed by atoms with Gasteiger partial charge in [-0.15, -0.1) is 0 Å². The highest BCUT2D eigenvalue weighted by Gasteiger charge is 2.21. The highest BCUT2D eigenvalue weighted by atomic mass is 79.9. The normalized spacial score (nSPS) is 14.1. The first kappa shape index (κ1) is 10.3. The molecule has 0 bridgehead atoms. The fourth-order valence-electron chi connectivity index (χ4n) is 2.00. The lowest BCUT2D eigenvalue weighted by Gasteiger charge is -2.02. The van der Waals surface area contributed by atoms with Crippen LogP contribution in [-0.2, 0) is 12.8 Å². The molecule has 1 aliphatic rings. The molecule has 3 rings (SSSR count). The van der Waals surface area contributed by atoms with Crippen LogP contribution in [0, 0.1) is 0 Å². The molecule has 2 aromatic rings. The minimum atomic E-state index is 0.710. The zero-order valence-corrected chi connectivity index (χ0v) is 10.8. The van der Waals surface area contributed by atoms with Crippen molar-refractivity contribution in [1.29, 1.82) is 0 Å². The average molecular weight is 299 g/mol. The summed E-state index contributed by atoms with van der Waals surface area (Å²) in [5, 5.41) is 5.21. The van der Waals surface area contributed by atoms with Crippen LogP contribution in [0.25, 0.3) is 5.82 Å². The largest absolute Gasteiger partial charge is 0.236 e. The molecule has 0 aliphatic heterocycles. The summed E-state index contributed by atoms with van der Waals surface area (Å²) in [4.78, 5) is 4.29. The van der Waals surface area contributed by atoms with Crippen molar-refractivity contribution < 1.29 is 0 Å². The van der Waals surface area contributed by atoms with Crippen molar-refractivity contribution in [2.75, 3.05) is 0 Å². The summed E-state index contributed by atoms with van der Waals surface area (Å²) in [5.74, 6) is 0.766. The van der Waals surface area contributed by atoms with E-state index in [1.165, 1.54) is 5.56 Å². The van der Waals surface area contributed by atoms with Gasteiger partial charge in [0.2, 0.25) is 0 Å². The van der Waals surface area contributed by atoms with Gasteiger partial charge in [0.1, 0.15) is 5.15 Å².